The van der Waals surface area contributed by atoms with Crippen molar-refractivity contribution >= 4 is 11.6 Å². The number of hydrogen-bond acceptors (Lipinski definition) is 3. The second-order valence-electron chi connectivity index (χ2n) is 5.67. The number of nitrogens with one attached hydrogen (secondary N) is 1. The van der Waals surface area contributed by atoms with E-state index in [1.54, 1.807) is 43.3 Å². The minimum absolute atomic E-state index is 0.00410. The Morgan fingerprint density at radius 2 is 1.96 bits per heavy atom. The van der Waals surface area contributed by atoms with Crippen molar-refractivity contribution in [1.82, 2.24) is 4.98 Å². The van der Waals surface area contributed by atoms with Gasteiger partial charge in [0, 0.05) is 22.4 Å². The van der Waals surface area contributed by atoms with Gasteiger partial charge >= 0.3 is 0 Å². The zero-order valence-electron chi connectivity index (χ0n) is 13.8. The Morgan fingerprint density at radius 1 is 1.19 bits per heavy atom. The molecule has 0 amide bonds. The second-order valence-corrected chi connectivity index (χ2v) is 6.07. The van der Waals surface area contributed by atoms with Crippen LogP contribution in [0.25, 0.3) is 11.1 Å². The smallest absolute Gasteiger partial charge is 0.266 e. The van der Waals surface area contributed by atoms with Crippen LogP contribution in [0.1, 0.15) is 16.8 Å². The zero-order chi connectivity index (χ0) is 18.7. The third-order valence-electron chi connectivity index (χ3n) is 3.89. The number of pyridine rings is 1. The summed E-state index contributed by atoms with van der Waals surface area (Å²) < 4.78 is 19.7. The Bertz CT molecular complexity index is 1050. The molecule has 0 atom stereocenters. The highest BCUT2D eigenvalue weighted by molar-refractivity contribution is 6.31. The topological polar surface area (TPSA) is 65.9 Å². The van der Waals surface area contributed by atoms with Crippen LogP contribution in [-0.2, 0) is 6.61 Å². The van der Waals surface area contributed by atoms with Crippen molar-refractivity contribution in [2.75, 3.05) is 0 Å². The van der Waals surface area contributed by atoms with E-state index in [1.165, 1.54) is 12.1 Å². The third kappa shape index (κ3) is 3.46. The van der Waals surface area contributed by atoms with Crippen LogP contribution in [-0.4, -0.2) is 4.98 Å². The molecule has 3 rings (SSSR count). The summed E-state index contributed by atoms with van der Waals surface area (Å²) in [5, 5.41) is 9.62. The van der Waals surface area contributed by atoms with Gasteiger partial charge in [0.25, 0.3) is 5.56 Å². The van der Waals surface area contributed by atoms with Gasteiger partial charge in [0.15, 0.2) is 0 Å². The molecule has 0 fully saturated rings. The average molecular weight is 369 g/mol. The molecule has 6 heteroatoms. The maximum Gasteiger partial charge on any atom is 0.266 e. The fourth-order valence-corrected chi connectivity index (χ4v) is 2.86. The van der Waals surface area contributed by atoms with E-state index in [4.69, 9.17) is 16.3 Å². The van der Waals surface area contributed by atoms with E-state index < -0.39 is 11.4 Å². The summed E-state index contributed by atoms with van der Waals surface area (Å²) in [7, 11) is 0. The Balaban J connectivity index is 2.03. The molecular formula is C20H14ClFN2O2. The first-order chi connectivity index (χ1) is 12.5. The molecule has 1 heterocycles. The van der Waals surface area contributed by atoms with Gasteiger partial charge < -0.3 is 9.72 Å². The zero-order valence-corrected chi connectivity index (χ0v) is 14.6. The van der Waals surface area contributed by atoms with Crippen molar-refractivity contribution in [2.24, 2.45) is 0 Å². The molecule has 2 aromatic carbocycles. The monoisotopic (exact) mass is 368 g/mol. The van der Waals surface area contributed by atoms with Gasteiger partial charge in [-0.2, -0.15) is 5.26 Å². The van der Waals surface area contributed by atoms with Gasteiger partial charge in [0.05, 0.1) is 5.02 Å². The van der Waals surface area contributed by atoms with Crippen molar-refractivity contribution in [3.63, 3.8) is 0 Å². The maximum absolute atomic E-state index is 13.9. The highest BCUT2D eigenvalue weighted by atomic mass is 35.5. The van der Waals surface area contributed by atoms with Crippen molar-refractivity contribution in [3.8, 4) is 22.9 Å². The van der Waals surface area contributed by atoms with Crippen LogP contribution >= 0.6 is 11.6 Å². The lowest BCUT2D eigenvalue weighted by Gasteiger charge is -2.14. The first-order valence-electron chi connectivity index (χ1n) is 7.80. The molecule has 0 aliphatic rings. The lowest BCUT2D eigenvalue weighted by molar-refractivity contribution is 0.301. The van der Waals surface area contributed by atoms with E-state index in [2.05, 4.69) is 4.98 Å². The maximum atomic E-state index is 13.9. The summed E-state index contributed by atoms with van der Waals surface area (Å²) >= 11 is 6.03. The Kier molecular flexibility index (Phi) is 5.06. The van der Waals surface area contributed by atoms with E-state index >= 15 is 0 Å². The summed E-state index contributed by atoms with van der Waals surface area (Å²) in [5.41, 5.74) is 1.43. The van der Waals surface area contributed by atoms with Crippen LogP contribution in [0.4, 0.5) is 4.39 Å². The van der Waals surface area contributed by atoms with E-state index in [-0.39, 0.29) is 22.8 Å². The molecule has 0 radical (unpaired) electrons. The van der Waals surface area contributed by atoms with Gasteiger partial charge in [-0.3, -0.25) is 4.79 Å². The number of halogens is 2. The van der Waals surface area contributed by atoms with Gasteiger partial charge in [0.2, 0.25) is 0 Å². The summed E-state index contributed by atoms with van der Waals surface area (Å²) in [6.07, 6.45) is 0. The SMILES string of the molecule is Cc1cc(-c2ccccc2OCc2c(F)cccc2Cl)c(C#N)c(=O)[nH]1. The summed E-state index contributed by atoms with van der Waals surface area (Å²) in [5.74, 6) is -0.0342. The molecule has 0 spiro atoms. The van der Waals surface area contributed by atoms with Crippen LogP contribution in [0.5, 0.6) is 5.75 Å². The standard InChI is InChI=1S/C20H14ClFN2O2/c1-12-9-14(15(10-23)20(25)24-12)13-5-2-3-8-19(13)26-11-16-17(21)6-4-7-18(16)22/h2-9H,11H2,1H3,(H,24,25). The van der Waals surface area contributed by atoms with E-state index in [0.717, 1.165) is 0 Å². The first-order valence-corrected chi connectivity index (χ1v) is 8.18. The largest absolute Gasteiger partial charge is 0.488 e. The molecule has 3 aromatic rings. The van der Waals surface area contributed by atoms with Gasteiger partial charge in [0.1, 0.15) is 29.8 Å². The Morgan fingerprint density at radius 3 is 2.69 bits per heavy atom. The highest BCUT2D eigenvalue weighted by Gasteiger charge is 2.15. The molecule has 130 valence electrons. The fraction of sp³-hybridized carbons (Fsp3) is 0.100. The van der Waals surface area contributed by atoms with E-state index in [0.29, 0.717) is 22.6 Å². The third-order valence-corrected chi connectivity index (χ3v) is 4.24. The molecule has 1 N–H and O–H groups in total. The number of H-pyrrole nitrogens is 1. The Labute approximate surface area is 154 Å². The number of benzene rings is 2. The molecule has 0 bridgehead atoms. The molecule has 0 aliphatic heterocycles. The number of para-hydroxylation sites is 1. The summed E-state index contributed by atoms with van der Waals surface area (Å²) in [6, 6.07) is 15.0. The van der Waals surface area contributed by atoms with Gasteiger partial charge in [-0.05, 0) is 31.2 Å². The predicted molar refractivity (Wildman–Crippen MR) is 97.7 cm³/mol. The molecule has 0 unspecified atom stereocenters. The minimum Gasteiger partial charge on any atom is -0.488 e. The quantitative estimate of drug-likeness (QED) is 0.732. The summed E-state index contributed by atoms with van der Waals surface area (Å²) in [4.78, 5) is 14.7. The molecule has 0 saturated carbocycles. The normalized spacial score (nSPS) is 10.4. The second kappa shape index (κ2) is 7.42. The average Bonchev–Trinajstić information content (AvgIpc) is 2.61. The molecule has 26 heavy (non-hydrogen) atoms. The molecular weight excluding hydrogens is 355 g/mol. The Hall–Kier alpha value is -3.10. The predicted octanol–water partition coefficient (Wildman–Crippen LogP) is 4.59. The van der Waals surface area contributed by atoms with Crippen molar-refractivity contribution in [3.05, 3.63) is 86.5 Å². The van der Waals surface area contributed by atoms with Gasteiger partial charge in [-0.1, -0.05) is 35.9 Å². The van der Waals surface area contributed by atoms with Gasteiger partial charge in [-0.15, -0.1) is 0 Å². The van der Waals surface area contributed by atoms with E-state index in [9.17, 15) is 14.4 Å². The van der Waals surface area contributed by atoms with Crippen LogP contribution in [0.2, 0.25) is 5.02 Å². The molecule has 4 nitrogen and oxygen atoms in total. The minimum atomic E-state index is -0.463. The van der Waals surface area contributed by atoms with Gasteiger partial charge in [-0.25, -0.2) is 4.39 Å². The van der Waals surface area contributed by atoms with E-state index in [1.807, 2.05) is 6.07 Å². The number of hydrogen-bond donors (Lipinski definition) is 1. The number of nitriles is 1. The number of aryl methyl sites for hydroxylation is 1. The van der Waals surface area contributed by atoms with Crippen molar-refractivity contribution in [2.45, 2.75) is 13.5 Å². The highest BCUT2D eigenvalue weighted by Crippen LogP contribution is 2.32. The van der Waals surface area contributed by atoms with Crippen LogP contribution < -0.4 is 10.3 Å². The lowest BCUT2D eigenvalue weighted by Crippen LogP contribution is -2.13. The van der Waals surface area contributed by atoms with Crippen LogP contribution in [0, 0.1) is 24.1 Å². The van der Waals surface area contributed by atoms with Crippen molar-refractivity contribution in [1.29, 1.82) is 5.26 Å². The fourth-order valence-electron chi connectivity index (χ4n) is 2.65. The number of rotatable bonds is 4. The number of aromatic nitrogens is 1. The number of ether oxygens (including phenoxy) is 1. The molecule has 0 aliphatic carbocycles. The summed E-state index contributed by atoms with van der Waals surface area (Å²) in [6.45, 7) is 1.65. The lowest BCUT2D eigenvalue weighted by atomic mass is 10.00. The van der Waals surface area contributed by atoms with Crippen molar-refractivity contribution < 1.29 is 9.13 Å². The number of aromatic amines is 1. The number of nitrogens with zero attached hydrogens (tertiary/aromatic N) is 1. The first kappa shape index (κ1) is 17.7. The van der Waals surface area contributed by atoms with Crippen LogP contribution in [0.15, 0.2) is 53.3 Å². The van der Waals surface area contributed by atoms with Crippen LogP contribution in [0.3, 0.4) is 0 Å². The molecule has 1 aromatic heterocycles. The molecule has 0 saturated heterocycles.